The number of hydrogen-bond acceptors (Lipinski definition) is 3. The third kappa shape index (κ3) is 3.07. The average molecular weight is 261 g/mol. The fourth-order valence-electron chi connectivity index (χ4n) is 2.60. The van der Waals surface area contributed by atoms with Crippen LogP contribution in [-0.2, 0) is 11.3 Å². The summed E-state index contributed by atoms with van der Waals surface area (Å²) in [4.78, 5) is 16.3. The number of likely N-dealkylation sites (N-methyl/N-ethyl adjacent to an activating group) is 1. The number of carbonyl (C=O) groups is 1. The van der Waals surface area contributed by atoms with E-state index in [1.807, 2.05) is 36.2 Å². The van der Waals surface area contributed by atoms with Gasteiger partial charge in [-0.1, -0.05) is 12.1 Å². The zero-order valence-electron chi connectivity index (χ0n) is 12.0. The Kier molecular flexibility index (Phi) is 4.10. The maximum atomic E-state index is 12.2. The molecule has 1 amide bonds. The summed E-state index contributed by atoms with van der Waals surface area (Å²) in [7, 11) is 1.88. The zero-order valence-corrected chi connectivity index (χ0v) is 12.0. The summed E-state index contributed by atoms with van der Waals surface area (Å²) in [6.45, 7) is 5.93. The highest BCUT2D eigenvalue weighted by Crippen LogP contribution is 2.21. The van der Waals surface area contributed by atoms with Crippen molar-refractivity contribution in [3.63, 3.8) is 0 Å². The first-order chi connectivity index (χ1) is 8.99. The molecule has 1 aliphatic heterocycles. The highest BCUT2D eigenvalue weighted by Gasteiger charge is 2.34. The number of carbonyl (C=O) groups excluding carboxylic acids is 1. The van der Waals surface area contributed by atoms with Gasteiger partial charge in [0.05, 0.1) is 6.04 Å². The second-order valence-electron chi connectivity index (χ2n) is 5.57. The molecule has 0 saturated carbocycles. The first kappa shape index (κ1) is 13.9. The van der Waals surface area contributed by atoms with Gasteiger partial charge in [0.15, 0.2) is 0 Å². The van der Waals surface area contributed by atoms with Gasteiger partial charge in [0.2, 0.25) is 5.91 Å². The molecule has 0 spiro atoms. The highest BCUT2D eigenvalue weighted by atomic mass is 16.2. The van der Waals surface area contributed by atoms with Crippen LogP contribution in [0.1, 0.15) is 25.8 Å². The molecule has 1 unspecified atom stereocenters. The monoisotopic (exact) mass is 261 g/mol. The van der Waals surface area contributed by atoms with Crippen molar-refractivity contribution in [2.75, 3.05) is 19.3 Å². The number of rotatable bonds is 4. The lowest BCUT2D eigenvalue weighted by molar-refractivity contribution is -0.131. The Morgan fingerprint density at radius 2 is 2.00 bits per heavy atom. The quantitative estimate of drug-likeness (QED) is 0.839. The van der Waals surface area contributed by atoms with Gasteiger partial charge in [-0.05, 0) is 38.0 Å². The molecule has 4 heteroatoms. The van der Waals surface area contributed by atoms with E-state index >= 15 is 0 Å². The van der Waals surface area contributed by atoms with Gasteiger partial charge in [-0.15, -0.1) is 0 Å². The lowest BCUT2D eigenvalue weighted by Gasteiger charge is -2.31. The van der Waals surface area contributed by atoms with E-state index in [9.17, 15) is 4.79 Å². The minimum Gasteiger partial charge on any atom is -0.399 e. The van der Waals surface area contributed by atoms with Gasteiger partial charge >= 0.3 is 0 Å². The van der Waals surface area contributed by atoms with Gasteiger partial charge in [0, 0.05) is 31.9 Å². The largest absolute Gasteiger partial charge is 0.399 e. The van der Waals surface area contributed by atoms with Crippen molar-refractivity contribution >= 4 is 11.6 Å². The molecule has 2 N–H and O–H groups in total. The number of amides is 1. The van der Waals surface area contributed by atoms with E-state index in [2.05, 4.69) is 18.7 Å². The Bertz CT molecular complexity index is 441. The molecule has 19 heavy (non-hydrogen) atoms. The third-order valence-electron chi connectivity index (χ3n) is 3.81. The second kappa shape index (κ2) is 5.61. The topological polar surface area (TPSA) is 49.6 Å². The van der Waals surface area contributed by atoms with Gasteiger partial charge in [0.25, 0.3) is 0 Å². The van der Waals surface area contributed by atoms with E-state index in [-0.39, 0.29) is 11.9 Å². The molecule has 2 rings (SSSR count). The Morgan fingerprint density at radius 3 is 2.47 bits per heavy atom. The van der Waals surface area contributed by atoms with Crippen LogP contribution in [0.25, 0.3) is 0 Å². The van der Waals surface area contributed by atoms with Crippen molar-refractivity contribution in [1.29, 1.82) is 0 Å². The van der Waals surface area contributed by atoms with E-state index < -0.39 is 0 Å². The van der Waals surface area contributed by atoms with Crippen molar-refractivity contribution < 1.29 is 4.79 Å². The lowest BCUT2D eigenvalue weighted by atomic mass is 10.1. The predicted molar refractivity (Wildman–Crippen MR) is 77.6 cm³/mol. The molecule has 4 nitrogen and oxygen atoms in total. The lowest BCUT2D eigenvalue weighted by Crippen LogP contribution is -2.44. The number of nitrogens with two attached hydrogens (primary N) is 1. The summed E-state index contributed by atoms with van der Waals surface area (Å²) in [5.74, 6) is 0.240. The van der Waals surface area contributed by atoms with Crippen LogP contribution >= 0.6 is 0 Å². The number of nitrogen functional groups attached to an aromatic ring is 1. The van der Waals surface area contributed by atoms with Crippen molar-refractivity contribution in [2.24, 2.45) is 0 Å². The summed E-state index contributed by atoms with van der Waals surface area (Å²) >= 11 is 0. The van der Waals surface area contributed by atoms with Crippen LogP contribution in [-0.4, -0.2) is 41.4 Å². The molecule has 1 aromatic carbocycles. The van der Waals surface area contributed by atoms with Crippen LogP contribution in [0.4, 0.5) is 5.69 Å². The molecule has 1 heterocycles. The minimum absolute atomic E-state index is 0.0163. The molecule has 1 aliphatic rings. The second-order valence-corrected chi connectivity index (χ2v) is 5.57. The van der Waals surface area contributed by atoms with Gasteiger partial charge in [-0.25, -0.2) is 0 Å². The molecule has 0 radical (unpaired) electrons. The molecule has 1 atom stereocenters. The van der Waals surface area contributed by atoms with Crippen LogP contribution in [0.15, 0.2) is 24.3 Å². The van der Waals surface area contributed by atoms with Crippen molar-refractivity contribution in [2.45, 2.75) is 38.9 Å². The predicted octanol–water partition coefficient (Wildman–Crippen LogP) is 1.71. The molecule has 1 aromatic rings. The summed E-state index contributed by atoms with van der Waals surface area (Å²) in [5.41, 5.74) is 7.68. The molecule has 1 saturated heterocycles. The Labute approximate surface area is 115 Å². The first-order valence-electron chi connectivity index (χ1n) is 6.84. The standard InChI is InChI=1S/C15H23N3O/c1-11(2)18(14-8-9-17(3)15(14)19)10-12-4-6-13(16)7-5-12/h4-7,11,14H,8-10,16H2,1-3H3. The van der Waals surface area contributed by atoms with Gasteiger partial charge < -0.3 is 10.6 Å². The molecule has 104 valence electrons. The van der Waals surface area contributed by atoms with Gasteiger partial charge in [0.1, 0.15) is 0 Å². The molecule has 0 bridgehead atoms. The fourth-order valence-corrected chi connectivity index (χ4v) is 2.60. The summed E-state index contributed by atoms with van der Waals surface area (Å²) in [6, 6.07) is 8.26. The Morgan fingerprint density at radius 1 is 1.37 bits per heavy atom. The van der Waals surface area contributed by atoms with Crippen molar-refractivity contribution in [1.82, 2.24) is 9.80 Å². The van der Waals surface area contributed by atoms with Crippen molar-refractivity contribution in [3.8, 4) is 0 Å². The van der Waals surface area contributed by atoms with E-state index in [0.717, 1.165) is 25.2 Å². The number of hydrogen-bond donors (Lipinski definition) is 1. The number of benzene rings is 1. The fraction of sp³-hybridized carbons (Fsp3) is 0.533. The number of nitrogens with zero attached hydrogens (tertiary/aromatic N) is 2. The highest BCUT2D eigenvalue weighted by molar-refractivity contribution is 5.83. The first-order valence-corrected chi connectivity index (χ1v) is 6.84. The number of likely N-dealkylation sites (tertiary alicyclic amines) is 1. The van der Waals surface area contributed by atoms with Crippen molar-refractivity contribution in [3.05, 3.63) is 29.8 Å². The van der Waals surface area contributed by atoms with E-state index in [1.54, 1.807) is 0 Å². The van der Waals surface area contributed by atoms with E-state index in [4.69, 9.17) is 5.73 Å². The molecule has 0 aliphatic carbocycles. The normalized spacial score (nSPS) is 19.7. The summed E-state index contributed by atoms with van der Waals surface area (Å²) in [6.07, 6.45) is 0.919. The average Bonchev–Trinajstić information content (AvgIpc) is 2.69. The SMILES string of the molecule is CC(C)N(Cc1ccc(N)cc1)C1CCN(C)C1=O. The number of anilines is 1. The summed E-state index contributed by atoms with van der Waals surface area (Å²) in [5, 5.41) is 0. The van der Waals surface area contributed by atoms with Crippen LogP contribution in [0, 0.1) is 0 Å². The van der Waals surface area contributed by atoms with Crippen LogP contribution in [0.2, 0.25) is 0 Å². The molecular formula is C15H23N3O. The van der Waals surface area contributed by atoms with Crippen LogP contribution in [0.5, 0.6) is 0 Å². The van der Waals surface area contributed by atoms with E-state index in [1.165, 1.54) is 5.56 Å². The van der Waals surface area contributed by atoms with Gasteiger partial charge in [-0.2, -0.15) is 0 Å². The summed E-state index contributed by atoms with van der Waals surface area (Å²) < 4.78 is 0. The Hall–Kier alpha value is -1.55. The third-order valence-corrected chi connectivity index (χ3v) is 3.81. The maximum Gasteiger partial charge on any atom is 0.239 e. The zero-order chi connectivity index (χ0) is 14.0. The smallest absolute Gasteiger partial charge is 0.239 e. The van der Waals surface area contributed by atoms with Crippen LogP contribution in [0.3, 0.4) is 0 Å². The minimum atomic E-state index is 0.0163. The molecule has 0 aromatic heterocycles. The van der Waals surface area contributed by atoms with Crippen LogP contribution < -0.4 is 5.73 Å². The maximum absolute atomic E-state index is 12.2. The molecule has 1 fully saturated rings. The Balaban J connectivity index is 2.13. The van der Waals surface area contributed by atoms with E-state index in [0.29, 0.717) is 6.04 Å². The van der Waals surface area contributed by atoms with Gasteiger partial charge in [-0.3, -0.25) is 9.69 Å². The molecular weight excluding hydrogens is 238 g/mol.